The highest BCUT2D eigenvalue weighted by Gasteiger charge is 2.31. The Hall–Kier alpha value is -1.79. The zero-order chi connectivity index (χ0) is 14.0. The van der Waals surface area contributed by atoms with Crippen molar-refractivity contribution in [3.05, 3.63) is 41.3 Å². The fourth-order valence-electron chi connectivity index (χ4n) is 1.58. The van der Waals surface area contributed by atoms with Gasteiger partial charge >= 0.3 is 0 Å². The number of thioether (sulfide) groups is 1. The van der Waals surface area contributed by atoms with Crippen LogP contribution in [0, 0.1) is 0 Å². The van der Waals surface area contributed by atoms with Gasteiger partial charge in [-0.3, -0.25) is 9.69 Å². The molecule has 0 spiro atoms. The van der Waals surface area contributed by atoms with Gasteiger partial charge in [-0.2, -0.15) is 0 Å². The monoisotopic (exact) mass is 293 g/mol. The van der Waals surface area contributed by atoms with E-state index in [4.69, 9.17) is 12.2 Å². The van der Waals surface area contributed by atoms with E-state index in [0.717, 1.165) is 0 Å². The number of carbonyl (C=O) groups excluding carboxylic acids is 1. The Morgan fingerprint density at radius 2 is 2.16 bits per heavy atom. The van der Waals surface area contributed by atoms with E-state index in [1.165, 1.54) is 34.9 Å². The summed E-state index contributed by atoms with van der Waals surface area (Å²) in [6.07, 6.45) is 3.16. The maximum Gasteiger partial charge on any atom is 0.266 e. The molecule has 0 radical (unpaired) electrons. The number of phenols is 2. The Morgan fingerprint density at radius 3 is 2.79 bits per heavy atom. The summed E-state index contributed by atoms with van der Waals surface area (Å²) in [7, 11) is 0. The van der Waals surface area contributed by atoms with Crippen molar-refractivity contribution in [1.82, 2.24) is 4.90 Å². The van der Waals surface area contributed by atoms with Crippen LogP contribution < -0.4 is 0 Å². The lowest BCUT2D eigenvalue weighted by molar-refractivity contribution is -0.121. The Kier molecular flexibility index (Phi) is 3.92. The lowest BCUT2D eigenvalue weighted by Gasteiger charge is -2.10. The Bertz CT molecular complexity index is 596. The number of hydrogen-bond donors (Lipinski definition) is 2. The van der Waals surface area contributed by atoms with Crippen molar-refractivity contribution in [2.45, 2.75) is 0 Å². The van der Waals surface area contributed by atoms with Crippen molar-refractivity contribution < 1.29 is 15.0 Å². The molecule has 1 aromatic carbocycles. The lowest BCUT2D eigenvalue weighted by atomic mass is 10.1. The average molecular weight is 293 g/mol. The number of rotatable bonds is 3. The molecule has 98 valence electrons. The van der Waals surface area contributed by atoms with Gasteiger partial charge in [-0.05, 0) is 18.2 Å². The van der Waals surface area contributed by atoms with Crippen LogP contribution in [0.2, 0.25) is 0 Å². The summed E-state index contributed by atoms with van der Waals surface area (Å²) in [6.45, 7) is 3.94. The van der Waals surface area contributed by atoms with E-state index in [-0.39, 0.29) is 17.4 Å². The quantitative estimate of drug-likeness (QED) is 0.509. The summed E-state index contributed by atoms with van der Waals surface area (Å²) in [4.78, 5) is 13.9. The van der Waals surface area contributed by atoms with Crippen LogP contribution in [-0.2, 0) is 4.79 Å². The van der Waals surface area contributed by atoms with E-state index in [0.29, 0.717) is 21.3 Å². The van der Waals surface area contributed by atoms with Crippen molar-refractivity contribution in [3.63, 3.8) is 0 Å². The van der Waals surface area contributed by atoms with E-state index >= 15 is 0 Å². The zero-order valence-electron chi connectivity index (χ0n) is 9.87. The fraction of sp³-hybridized carbons (Fsp3) is 0.0769. The summed E-state index contributed by atoms with van der Waals surface area (Å²) in [6, 6.07) is 4.19. The number of aromatic hydroxyl groups is 2. The normalized spacial score (nSPS) is 17.3. The molecule has 1 fully saturated rings. The summed E-state index contributed by atoms with van der Waals surface area (Å²) in [5.41, 5.74) is 0.455. The minimum absolute atomic E-state index is 0.0335. The Morgan fingerprint density at radius 1 is 1.42 bits per heavy atom. The fourth-order valence-corrected chi connectivity index (χ4v) is 2.85. The second-order valence-corrected chi connectivity index (χ2v) is 5.50. The second-order valence-electron chi connectivity index (χ2n) is 3.82. The molecule has 2 N–H and O–H groups in total. The van der Waals surface area contributed by atoms with Crippen LogP contribution in [0.15, 0.2) is 35.8 Å². The van der Waals surface area contributed by atoms with Crippen LogP contribution in [0.25, 0.3) is 6.08 Å². The predicted octanol–water partition coefficient (Wildman–Crippen LogP) is 2.49. The summed E-state index contributed by atoms with van der Waals surface area (Å²) >= 11 is 6.28. The van der Waals surface area contributed by atoms with Crippen LogP contribution in [-0.4, -0.2) is 31.9 Å². The molecule has 1 amide bonds. The highest BCUT2D eigenvalue weighted by Crippen LogP contribution is 2.34. The molecule has 1 aliphatic rings. The van der Waals surface area contributed by atoms with Gasteiger partial charge in [-0.15, -0.1) is 6.58 Å². The minimum atomic E-state index is -0.206. The molecule has 19 heavy (non-hydrogen) atoms. The smallest absolute Gasteiger partial charge is 0.266 e. The summed E-state index contributed by atoms with van der Waals surface area (Å²) < 4.78 is 0.467. The van der Waals surface area contributed by atoms with Gasteiger partial charge in [0.15, 0.2) is 0 Å². The van der Waals surface area contributed by atoms with Crippen molar-refractivity contribution >= 4 is 40.3 Å². The maximum absolute atomic E-state index is 12.1. The van der Waals surface area contributed by atoms with Crippen LogP contribution in [0.5, 0.6) is 11.5 Å². The first-order valence-electron chi connectivity index (χ1n) is 5.41. The lowest BCUT2D eigenvalue weighted by Crippen LogP contribution is -2.27. The second kappa shape index (κ2) is 5.46. The maximum atomic E-state index is 12.1. The van der Waals surface area contributed by atoms with Gasteiger partial charge in [0.25, 0.3) is 5.91 Å². The zero-order valence-corrected chi connectivity index (χ0v) is 11.5. The summed E-state index contributed by atoms with van der Waals surface area (Å²) in [5, 5.41) is 18.9. The van der Waals surface area contributed by atoms with Gasteiger partial charge < -0.3 is 10.2 Å². The third-order valence-corrected chi connectivity index (χ3v) is 3.86. The number of hydrogen-bond acceptors (Lipinski definition) is 5. The molecule has 1 aromatic rings. The number of nitrogens with zero attached hydrogens (tertiary/aromatic N) is 1. The average Bonchev–Trinajstić information content (AvgIpc) is 2.61. The van der Waals surface area contributed by atoms with Gasteiger partial charge in [-0.25, -0.2) is 0 Å². The molecule has 1 heterocycles. The molecule has 0 bridgehead atoms. The van der Waals surface area contributed by atoms with E-state index in [1.807, 2.05) is 0 Å². The Labute approximate surface area is 120 Å². The van der Waals surface area contributed by atoms with E-state index < -0.39 is 0 Å². The number of benzene rings is 1. The van der Waals surface area contributed by atoms with Crippen LogP contribution in [0.3, 0.4) is 0 Å². The first-order chi connectivity index (χ1) is 9.02. The molecule has 4 nitrogen and oxygen atoms in total. The number of phenolic OH excluding ortho intramolecular Hbond substituents is 2. The number of carbonyl (C=O) groups is 1. The largest absolute Gasteiger partial charge is 0.508 e. The van der Waals surface area contributed by atoms with Crippen molar-refractivity contribution in [2.75, 3.05) is 6.54 Å². The first kappa shape index (κ1) is 13.6. The van der Waals surface area contributed by atoms with Gasteiger partial charge in [0.2, 0.25) is 0 Å². The highest BCUT2D eigenvalue weighted by molar-refractivity contribution is 8.26. The third-order valence-electron chi connectivity index (χ3n) is 2.49. The standard InChI is InChI=1S/C13H11NO3S2/c1-2-5-14-12(17)11(19-13(14)18)6-8-3-4-9(15)7-10(8)16/h2-4,6-7,15-16H,1,5H2/b11-6-. The van der Waals surface area contributed by atoms with E-state index in [9.17, 15) is 15.0 Å². The van der Waals surface area contributed by atoms with Gasteiger partial charge in [-0.1, -0.05) is 30.1 Å². The molecule has 6 heteroatoms. The molecule has 1 aliphatic heterocycles. The number of amides is 1. The molecule has 0 unspecified atom stereocenters. The van der Waals surface area contributed by atoms with Gasteiger partial charge in [0.05, 0.1) is 4.91 Å². The summed E-state index contributed by atoms with van der Waals surface area (Å²) in [5.74, 6) is -0.328. The molecule has 0 atom stereocenters. The predicted molar refractivity (Wildman–Crippen MR) is 79.8 cm³/mol. The first-order valence-corrected chi connectivity index (χ1v) is 6.63. The topological polar surface area (TPSA) is 60.8 Å². The SMILES string of the molecule is C=CCN1C(=O)/C(=C/c2ccc(O)cc2O)SC1=S. The molecule has 0 saturated carbocycles. The van der Waals surface area contributed by atoms with Crippen LogP contribution >= 0.6 is 24.0 Å². The van der Waals surface area contributed by atoms with E-state index in [2.05, 4.69) is 6.58 Å². The molecule has 0 aromatic heterocycles. The van der Waals surface area contributed by atoms with Gasteiger partial charge in [0.1, 0.15) is 15.8 Å². The molecule has 0 aliphatic carbocycles. The van der Waals surface area contributed by atoms with Crippen LogP contribution in [0.4, 0.5) is 0 Å². The third kappa shape index (κ3) is 2.80. The molecule has 2 rings (SSSR count). The number of thiocarbonyl (C=S) groups is 1. The van der Waals surface area contributed by atoms with E-state index in [1.54, 1.807) is 12.2 Å². The molecular weight excluding hydrogens is 282 g/mol. The van der Waals surface area contributed by atoms with Crippen molar-refractivity contribution in [2.24, 2.45) is 0 Å². The van der Waals surface area contributed by atoms with Crippen molar-refractivity contribution in [1.29, 1.82) is 0 Å². The van der Waals surface area contributed by atoms with Crippen LogP contribution in [0.1, 0.15) is 5.56 Å². The minimum Gasteiger partial charge on any atom is -0.508 e. The van der Waals surface area contributed by atoms with Crippen molar-refractivity contribution in [3.8, 4) is 11.5 Å². The molecular formula is C13H11NO3S2. The molecule has 1 saturated heterocycles. The Balaban J connectivity index is 2.32. The van der Waals surface area contributed by atoms with Gasteiger partial charge in [0, 0.05) is 18.2 Å². The highest BCUT2D eigenvalue weighted by atomic mass is 32.2.